The van der Waals surface area contributed by atoms with Crippen molar-refractivity contribution in [2.75, 3.05) is 12.4 Å². The van der Waals surface area contributed by atoms with E-state index in [0.717, 1.165) is 5.69 Å². The van der Waals surface area contributed by atoms with Gasteiger partial charge < -0.3 is 19.6 Å². The second-order valence-corrected chi connectivity index (χ2v) is 7.37. The highest BCUT2D eigenvalue weighted by Crippen LogP contribution is 2.43. The minimum absolute atomic E-state index is 0.0828. The zero-order valence-electron chi connectivity index (χ0n) is 14.9. The molecule has 0 aliphatic heterocycles. The van der Waals surface area contributed by atoms with Crippen LogP contribution in [0.15, 0.2) is 50.4 Å². The number of nitrogens with zero attached hydrogens (tertiary/aromatic N) is 1. The van der Waals surface area contributed by atoms with Gasteiger partial charge in [-0.2, -0.15) is 5.10 Å². The molecule has 0 unspecified atom stereocenters. The lowest BCUT2D eigenvalue weighted by molar-refractivity contribution is 0.409. The highest BCUT2D eigenvalue weighted by molar-refractivity contribution is 9.10. The normalized spacial score (nSPS) is 11.0. The Kier molecular flexibility index (Phi) is 6.28. The number of aromatic hydroxyl groups is 1. The largest absolute Gasteiger partial charge is 0.506 e. The van der Waals surface area contributed by atoms with Crippen molar-refractivity contribution in [2.45, 2.75) is 6.92 Å². The van der Waals surface area contributed by atoms with E-state index in [1.807, 2.05) is 30.3 Å². The average Bonchev–Trinajstić information content (AvgIpc) is 2.67. The summed E-state index contributed by atoms with van der Waals surface area (Å²) in [6.45, 7) is 1.78. The zero-order valence-corrected chi connectivity index (χ0v) is 18.2. The molecule has 0 saturated heterocycles. The Labute approximate surface area is 180 Å². The van der Waals surface area contributed by atoms with Gasteiger partial charge in [0, 0.05) is 5.69 Å². The highest BCUT2D eigenvalue weighted by Gasteiger charge is 2.20. The van der Waals surface area contributed by atoms with Crippen molar-refractivity contribution in [3.63, 3.8) is 0 Å². The Bertz CT molecular complexity index is 1130. The molecular formula is C19H16BrN3O3S2. The van der Waals surface area contributed by atoms with Crippen LogP contribution in [-0.2, 0) is 0 Å². The molecule has 0 amide bonds. The number of hydrogen-bond donors (Lipinski definition) is 3. The molecule has 0 atom stereocenters. The summed E-state index contributed by atoms with van der Waals surface area (Å²) in [5, 5.41) is 18.6. The molecule has 0 saturated carbocycles. The molecule has 1 aromatic heterocycles. The number of halogens is 1. The van der Waals surface area contributed by atoms with Crippen molar-refractivity contribution in [3.05, 3.63) is 56.7 Å². The summed E-state index contributed by atoms with van der Waals surface area (Å²) in [5.74, 6) is 0.901. The van der Waals surface area contributed by atoms with Crippen molar-refractivity contribution in [1.82, 2.24) is 5.43 Å². The van der Waals surface area contributed by atoms with Crippen LogP contribution in [0.4, 0.5) is 5.69 Å². The van der Waals surface area contributed by atoms with E-state index >= 15 is 0 Å². The molecule has 0 spiro atoms. The number of nitrogens with one attached hydrogen (secondary N) is 2. The Morgan fingerprint density at radius 1 is 1.32 bits per heavy atom. The quantitative estimate of drug-likeness (QED) is 0.268. The van der Waals surface area contributed by atoms with E-state index < -0.39 is 0 Å². The summed E-state index contributed by atoms with van der Waals surface area (Å²) < 4.78 is 12.1. The van der Waals surface area contributed by atoms with Gasteiger partial charge in [-0.05, 0) is 53.3 Å². The topological polar surface area (TPSA) is 79.0 Å². The van der Waals surface area contributed by atoms with Crippen molar-refractivity contribution < 1.29 is 14.3 Å². The monoisotopic (exact) mass is 477 g/mol. The molecule has 9 heteroatoms. The smallest absolute Gasteiger partial charge is 0.191 e. The van der Waals surface area contributed by atoms with Gasteiger partial charge in [-0.3, -0.25) is 5.43 Å². The minimum Gasteiger partial charge on any atom is -0.506 e. The fourth-order valence-electron chi connectivity index (χ4n) is 2.62. The van der Waals surface area contributed by atoms with Gasteiger partial charge in [-0.15, -0.1) is 0 Å². The van der Waals surface area contributed by atoms with E-state index in [2.05, 4.69) is 31.8 Å². The molecule has 6 nitrogen and oxygen atoms in total. The lowest BCUT2D eigenvalue weighted by Crippen LogP contribution is -2.23. The Morgan fingerprint density at radius 3 is 2.71 bits per heavy atom. The maximum absolute atomic E-state index is 10.6. The summed E-state index contributed by atoms with van der Waals surface area (Å²) in [4.78, 5) is 0. The van der Waals surface area contributed by atoms with Gasteiger partial charge >= 0.3 is 0 Å². The fraction of sp³-hybridized carbons (Fsp3) is 0.105. The molecule has 0 fully saturated rings. The van der Waals surface area contributed by atoms with Crippen LogP contribution in [0.3, 0.4) is 0 Å². The lowest BCUT2D eigenvalue weighted by atomic mass is 10.1. The van der Waals surface area contributed by atoms with Crippen LogP contribution in [0.5, 0.6) is 11.5 Å². The Balaban J connectivity index is 1.94. The third-order valence-electron chi connectivity index (χ3n) is 3.80. The molecular weight excluding hydrogens is 462 g/mol. The summed E-state index contributed by atoms with van der Waals surface area (Å²) in [7, 11) is 1.49. The molecule has 144 valence electrons. The van der Waals surface area contributed by atoms with Crippen LogP contribution in [0.2, 0.25) is 0 Å². The van der Waals surface area contributed by atoms with Crippen LogP contribution in [0, 0.1) is 11.4 Å². The number of aryl methyl sites for hydroxylation is 1. The van der Waals surface area contributed by atoms with Crippen LogP contribution in [0.25, 0.3) is 11.0 Å². The number of hydrogen-bond acceptors (Lipinski definition) is 6. The molecule has 1 heterocycles. The maximum Gasteiger partial charge on any atom is 0.191 e. The number of ether oxygens (including phenoxy) is 1. The van der Waals surface area contributed by atoms with Gasteiger partial charge in [0.05, 0.1) is 28.8 Å². The van der Waals surface area contributed by atoms with Crippen molar-refractivity contribution >= 4 is 68.3 Å². The Morgan fingerprint density at radius 2 is 2.04 bits per heavy atom. The van der Waals surface area contributed by atoms with Crippen molar-refractivity contribution in [2.24, 2.45) is 5.10 Å². The molecule has 0 aliphatic carbocycles. The molecule has 2 aromatic carbocycles. The summed E-state index contributed by atoms with van der Waals surface area (Å²) in [6, 6.07) is 11.2. The summed E-state index contributed by atoms with van der Waals surface area (Å²) in [5.41, 5.74) is 4.28. The van der Waals surface area contributed by atoms with Gasteiger partial charge in [0.1, 0.15) is 21.7 Å². The number of anilines is 1. The predicted molar refractivity (Wildman–Crippen MR) is 121 cm³/mol. The van der Waals surface area contributed by atoms with Crippen LogP contribution in [-0.4, -0.2) is 23.5 Å². The van der Waals surface area contributed by atoms with Gasteiger partial charge in [-0.1, -0.05) is 30.4 Å². The minimum atomic E-state index is -0.0828. The number of thiocarbonyl (C=S) groups is 1. The maximum atomic E-state index is 10.6. The van der Waals surface area contributed by atoms with Crippen molar-refractivity contribution in [1.29, 1.82) is 0 Å². The second kappa shape index (κ2) is 8.68. The zero-order chi connectivity index (χ0) is 20.3. The highest BCUT2D eigenvalue weighted by atomic mass is 79.9. The van der Waals surface area contributed by atoms with Gasteiger partial charge in [0.15, 0.2) is 10.7 Å². The number of rotatable bonds is 4. The van der Waals surface area contributed by atoms with Crippen LogP contribution in [0.1, 0.15) is 11.3 Å². The molecule has 3 N–H and O–H groups in total. The third kappa shape index (κ3) is 4.16. The van der Waals surface area contributed by atoms with Gasteiger partial charge in [0.2, 0.25) is 0 Å². The molecule has 3 aromatic rings. The van der Waals surface area contributed by atoms with Gasteiger partial charge in [-0.25, -0.2) is 0 Å². The van der Waals surface area contributed by atoms with E-state index in [1.165, 1.54) is 13.3 Å². The molecule has 28 heavy (non-hydrogen) atoms. The Hall–Kier alpha value is -2.49. The summed E-state index contributed by atoms with van der Waals surface area (Å²) >= 11 is 14.0. The standard InChI is InChI=1S/C19H16BrN3O3S2/c1-10-8-13(27)14-17(25-2)12(16(24)15(20)18(14)26-10)9-21-23-19(28)22-11-6-4-3-5-7-11/h3-9,24H,1-2H3,(H2,22,23,28)/b21-9+. The van der Waals surface area contributed by atoms with Crippen LogP contribution >= 0.6 is 40.4 Å². The first-order chi connectivity index (χ1) is 13.4. The predicted octanol–water partition coefficient (Wildman–Crippen LogP) is 5.27. The molecule has 0 radical (unpaired) electrons. The first-order valence-corrected chi connectivity index (χ1v) is 9.71. The summed E-state index contributed by atoms with van der Waals surface area (Å²) in [6.07, 6.45) is 1.41. The van der Waals surface area contributed by atoms with Crippen molar-refractivity contribution in [3.8, 4) is 11.5 Å². The van der Waals surface area contributed by atoms with E-state index in [1.54, 1.807) is 13.0 Å². The molecule has 3 rings (SSSR count). The number of methoxy groups -OCH3 is 1. The first kappa shape index (κ1) is 20.2. The number of phenols is 1. The number of fused-ring (bicyclic) bond motifs is 1. The van der Waals surface area contributed by atoms with E-state index in [4.69, 9.17) is 33.6 Å². The number of hydrazone groups is 1. The SMILES string of the molecule is COc1c(/C=N/NC(=S)Nc2ccccc2)c(O)c(Br)c2oc(C)cc(=S)c12. The number of benzene rings is 2. The number of phenolic OH excluding ortho intramolecular Hbond substituents is 1. The molecule has 0 aliphatic rings. The lowest BCUT2D eigenvalue weighted by Gasteiger charge is -2.13. The first-order valence-electron chi connectivity index (χ1n) is 8.10. The fourth-order valence-corrected chi connectivity index (χ4v) is 3.63. The molecule has 0 bridgehead atoms. The second-order valence-electron chi connectivity index (χ2n) is 5.73. The third-order valence-corrected chi connectivity index (χ3v) is 5.05. The van der Waals surface area contributed by atoms with Crippen LogP contribution < -0.4 is 15.5 Å². The van der Waals surface area contributed by atoms with E-state index in [0.29, 0.717) is 42.1 Å². The van der Waals surface area contributed by atoms with Gasteiger partial charge in [0.25, 0.3) is 0 Å². The number of para-hydroxylation sites is 1. The average molecular weight is 478 g/mol. The van der Waals surface area contributed by atoms with E-state index in [9.17, 15) is 5.11 Å². The van der Waals surface area contributed by atoms with E-state index in [-0.39, 0.29) is 5.75 Å².